The van der Waals surface area contributed by atoms with Gasteiger partial charge in [-0.1, -0.05) is 26.2 Å². The Balaban J connectivity index is 1.87. The molecule has 2 unspecified atom stereocenters. The van der Waals surface area contributed by atoms with Gasteiger partial charge in [-0.05, 0) is 19.3 Å². The highest BCUT2D eigenvalue weighted by molar-refractivity contribution is 5.67. The van der Waals surface area contributed by atoms with Gasteiger partial charge in [0.15, 0.2) is 0 Å². The van der Waals surface area contributed by atoms with Gasteiger partial charge in [-0.3, -0.25) is 4.79 Å². The molecule has 3 nitrogen and oxygen atoms in total. The number of aliphatic carboxylic acids is 1. The van der Waals surface area contributed by atoms with E-state index in [4.69, 9.17) is 9.84 Å². The van der Waals surface area contributed by atoms with Crippen molar-refractivity contribution in [3.05, 3.63) is 0 Å². The number of fused-ring (bicyclic) bond motifs is 1. The van der Waals surface area contributed by atoms with E-state index >= 15 is 0 Å². The Morgan fingerprint density at radius 3 is 2.87 bits per heavy atom. The topological polar surface area (TPSA) is 49.8 Å². The van der Waals surface area contributed by atoms with Gasteiger partial charge in [-0.25, -0.2) is 0 Å². The normalized spacial score (nSPS) is 37.7. The Labute approximate surface area is 90.8 Å². The van der Waals surface area contributed by atoms with Crippen LogP contribution in [0.25, 0.3) is 0 Å². The van der Waals surface area contributed by atoms with Gasteiger partial charge in [-0.2, -0.15) is 0 Å². The van der Waals surface area contributed by atoms with Gasteiger partial charge in [0.25, 0.3) is 0 Å². The van der Waals surface area contributed by atoms with Crippen LogP contribution in [-0.2, 0) is 9.53 Å². The zero-order valence-electron chi connectivity index (χ0n) is 9.37. The van der Waals surface area contributed by atoms with Crippen molar-refractivity contribution in [1.29, 1.82) is 0 Å². The molecule has 2 fully saturated rings. The second kappa shape index (κ2) is 4.12. The van der Waals surface area contributed by atoms with Gasteiger partial charge in [-0.15, -0.1) is 0 Å². The zero-order chi connectivity index (χ0) is 10.9. The van der Waals surface area contributed by atoms with E-state index in [0.29, 0.717) is 12.5 Å². The number of epoxide rings is 1. The van der Waals surface area contributed by atoms with E-state index in [9.17, 15) is 4.79 Å². The molecular formula is C12H20O3. The summed E-state index contributed by atoms with van der Waals surface area (Å²) in [6, 6.07) is 0. The number of ether oxygens (including phenoxy) is 1. The molecule has 0 amide bonds. The molecule has 2 rings (SSSR count). The fraction of sp³-hybridized carbons (Fsp3) is 0.917. The molecular weight excluding hydrogens is 192 g/mol. The Morgan fingerprint density at radius 2 is 2.27 bits per heavy atom. The highest BCUT2D eigenvalue weighted by Crippen LogP contribution is 2.57. The third-order valence-electron chi connectivity index (χ3n) is 3.91. The van der Waals surface area contributed by atoms with Gasteiger partial charge in [0, 0.05) is 5.92 Å². The van der Waals surface area contributed by atoms with Gasteiger partial charge in [0.05, 0.1) is 18.1 Å². The fourth-order valence-corrected chi connectivity index (χ4v) is 3.05. The third-order valence-corrected chi connectivity index (χ3v) is 3.91. The standard InChI is InChI=1S/C12H20O3/c1-2-3-4-7-12-9(8-11(13)14)5-6-10(12)15-12/h9-10H,2-8H2,1H3,(H,13,14)/t9-,10?,12?/m1/s1. The van der Waals surface area contributed by atoms with E-state index < -0.39 is 5.97 Å². The molecule has 1 aliphatic carbocycles. The van der Waals surface area contributed by atoms with Gasteiger partial charge in [0.2, 0.25) is 0 Å². The molecule has 1 heterocycles. The molecule has 1 saturated carbocycles. The summed E-state index contributed by atoms with van der Waals surface area (Å²) in [5.74, 6) is -0.400. The van der Waals surface area contributed by atoms with Crippen LogP contribution in [0.1, 0.15) is 51.9 Å². The SMILES string of the molecule is CCCCCC12OC1CC[C@@H]2CC(=O)O. The summed E-state index contributed by atoms with van der Waals surface area (Å²) in [6.07, 6.45) is 7.50. The average molecular weight is 212 g/mol. The smallest absolute Gasteiger partial charge is 0.303 e. The van der Waals surface area contributed by atoms with Gasteiger partial charge in [0.1, 0.15) is 0 Å². The molecule has 0 bridgehead atoms. The number of hydrogen-bond acceptors (Lipinski definition) is 2. The van der Waals surface area contributed by atoms with Crippen LogP contribution in [-0.4, -0.2) is 22.8 Å². The number of rotatable bonds is 6. The number of carboxylic acid groups (broad SMARTS) is 1. The van der Waals surface area contributed by atoms with E-state index in [0.717, 1.165) is 19.3 Å². The summed E-state index contributed by atoms with van der Waals surface area (Å²) in [4.78, 5) is 10.7. The number of carbonyl (C=O) groups is 1. The first-order valence-electron chi connectivity index (χ1n) is 6.08. The van der Waals surface area contributed by atoms with Crippen LogP contribution in [0.4, 0.5) is 0 Å². The Morgan fingerprint density at radius 1 is 1.47 bits per heavy atom. The molecule has 15 heavy (non-hydrogen) atoms. The van der Waals surface area contributed by atoms with Crippen molar-refractivity contribution in [2.75, 3.05) is 0 Å². The van der Waals surface area contributed by atoms with Crippen LogP contribution < -0.4 is 0 Å². The first-order valence-corrected chi connectivity index (χ1v) is 6.08. The van der Waals surface area contributed by atoms with E-state index in [2.05, 4.69) is 6.92 Å². The minimum absolute atomic E-state index is 0.0203. The Hall–Kier alpha value is -0.570. The Kier molecular flexibility index (Phi) is 3.01. The highest BCUT2D eigenvalue weighted by Gasteiger charge is 2.64. The minimum Gasteiger partial charge on any atom is -0.481 e. The molecule has 0 aromatic rings. The summed E-state index contributed by atoms with van der Waals surface area (Å²) in [6.45, 7) is 2.19. The van der Waals surface area contributed by atoms with Crippen molar-refractivity contribution in [1.82, 2.24) is 0 Å². The van der Waals surface area contributed by atoms with Crippen molar-refractivity contribution in [3.8, 4) is 0 Å². The molecule has 86 valence electrons. The van der Waals surface area contributed by atoms with Crippen molar-refractivity contribution < 1.29 is 14.6 Å². The highest BCUT2D eigenvalue weighted by atomic mass is 16.6. The van der Waals surface area contributed by atoms with E-state index in [1.54, 1.807) is 0 Å². The van der Waals surface area contributed by atoms with Crippen molar-refractivity contribution in [2.45, 2.75) is 63.6 Å². The minimum atomic E-state index is -0.675. The predicted molar refractivity (Wildman–Crippen MR) is 56.7 cm³/mol. The molecule has 0 radical (unpaired) electrons. The molecule has 3 atom stereocenters. The Bertz CT molecular complexity index is 251. The lowest BCUT2D eigenvalue weighted by Crippen LogP contribution is -2.24. The summed E-state index contributed by atoms with van der Waals surface area (Å²) in [7, 11) is 0. The van der Waals surface area contributed by atoms with Crippen LogP contribution in [0, 0.1) is 5.92 Å². The molecule has 2 aliphatic rings. The van der Waals surface area contributed by atoms with E-state index in [-0.39, 0.29) is 11.5 Å². The molecule has 1 saturated heterocycles. The van der Waals surface area contributed by atoms with Crippen LogP contribution >= 0.6 is 0 Å². The summed E-state index contributed by atoms with van der Waals surface area (Å²) >= 11 is 0. The van der Waals surface area contributed by atoms with Crippen LogP contribution in [0.3, 0.4) is 0 Å². The molecule has 3 heteroatoms. The maximum Gasteiger partial charge on any atom is 0.303 e. The second-order valence-electron chi connectivity index (χ2n) is 4.89. The molecule has 0 aromatic carbocycles. The maximum absolute atomic E-state index is 10.7. The first-order chi connectivity index (χ1) is 7.19. The van der Waals surface area contributed by atoms with Gasteiger partial charge >= 0.3 is 5.97 Å². The quantitative estimate of drug-likeness (QED) is 0.544. The van der Waals surface area contributed by atoms with E-state index in [1.165, 1.54) is 19.3 Å². The number of hydrogen-bond donors (Lipinski definition) is 1. The number of unbranched alkanes of at least 4 members (excludes halogenated alkanes) is 2. The summed E-state index contributed by atoms with van der Waals surface area (Å²) in [5, 5.41) is 8.84. The summed E-state index contributed by atoms with van der Waals surface area (Å²) < 4.78 is 5.74. The summed E-state index contributed by atoms with van der Waals surface area (Å²) in [5.41, 5.74) is -0.0203. The number of carboxylic acids is 1. The fourth-order valence-electron chi connectivity index (χ4n) is 3.05. The lowest BCUT2D eigenvalue weighted by molar-refractivity contribution is -0.138. The van der Waals surface area contributed by atoms with Crippen LogP contribution in [0.2, 0.25) is 0 Å². The third kappa shape index (κ3) is 2.03. The largest absolute Gasteiger partial charge is 0.481 e. The zero-order valence-corrected chi connectivity index (χ0v) is 9.37. The second-order valence-corrected chi connectivity index (χ2v) is 4.89. The molecule has 1 aliphatic heterocycles. The van der Waals surface area contributed by atoms with Crippen molar-refractivity contribution in [3.63, 3.8) is 0 Å². The van der Waals surface area contributed by atoms with Crippen molar-refractivity contribution >= 4 is 5.97 Å². The lowest BCUT2D eigenvalue weighted by atomic mass is 9.87. The van der Waals surface area contributed by atoms with Crippen LogP contribution in [0.15, 0.2) is 0 Å². The van der Waals surface area contributed by atoms with E-state index in [1.807, 2.05) is 0 Å². The molecule has 0 spiro atoms. The predicted octanol–water partition coefficient (Wildman–Crippen LogP) is 2.59. The monoisotopic (exact) mass is 212 g/mol. The van der Waals surface area contributed by atoms with Gasteiger partial charge < -0.3 is 9.84 Å². The average Bonchev–Trinajstić information content (AvgIpc) is 2.80. The van der Waals surface area contributed by atoms with Crippen molar-refractivity contribution in [2.24, 2.45) is 5.92 Å². The van der Waals surface area contributed by atoms with Crippen LogP contribution in [0.5, 0.6) is 0 Å². The molecule has 0 aromatic heterocycles. The maximum atomic E-state index is 10.7. The lowest BCUT2D eigenvalue weighted by Gasteiger charge is -2.18. The first kappa shape index (κ1) is 10.9. The molecule has 1 N–H and O–H groups in total.